The average Bonchev–Trinajstić information content (AvgIpc) is 3.39. The van der Waals surface area contributed by atoms with Crippen LogP contribution in [-0.4, -0.2) is 55.3 Å². The number of nitrogens with one attached hydrogen (secondary N) is 1. The monoisotopic (exact) mass is 533 g/mol. The molecule has 0 bridgehead atoms. The predicted molar refractivity (Wildman–Crippen MR) is 134 cm³/mol. The van der Waals surface area contributed by atoms with Crippen molar-refractivity contribution >= 4 is 29.0 Å². The first-order chi connectivity index (χ1) is 17.8. The van der Waals surface area contributed by atoms with Crippen LogP contribution in [0.3, 0.4) is 0 Å². The van der Waals surface area contributed by atoms with E-state index in [-0.39, 0.29) is 24.3 Å². The van der Waals surface area contributed by atoms with E-state index in [2.05, 4.69) is 10.3 Å². The van der Waals surface area contributed by atoms with Gasteiger partial charge in [-0.3, -0.25) is 4.79 Å². The zero-order valence-corrected chi connectivity index (χ0v) is 20.9. The SMILES string of the molecule is COCCOC(=O)N1CCC(c2nc(C(=O)Nc3ccccc3-c3cccc(C(F)(F)F)c3)cs2)CC1. The van der Waals surface area contributed by atoms with Crippen LogP contribution < -0.4 is 5.32 Å². The number of hydrogen-bond donors (Lipinski definition) is 1. The number of anilines is 1. The van der Waals surface area contributed by atoms with Gasteiger partial charge in [0.1, 0.15) is 12.3 Å². The van der Waals surface area contributed by atoms with Crippen molar-refractivity contribution < 1.29 is 32.2 Å². The first kappa shape index (κ1) is 26.6. The summed E-state index contributed by atoms with van der Waals surface area (Å²) >= 11 is 1.38. The molecule has 0 unspecified atom stereocenters. The maximum atomic E-state index is 13.2. The highest BCUT2D eigenvalue weighted by atomic mass is 32.1. The summed E-state index contributed by atoms with van der Waals surface area (Å²) < 4.78 is 49.6. The van der Waals surface area contributed by atoms with Gasteiger partial charge < -0.3 is 19.7 Å². The topological polar surface area (TPSA) is 80.8 Å². The van der Waals surface area contributed by atoms with Gasteiger partial charge in [0.05, 0.1) is 17.2 Å². The van der Waals surface area contributed by atoms with E-state index in [1.54, 1.807) is 40.6 Å². The predicted octanol–water partition coefficient (Wildman–Crippen LogP) is 6.04. The van der Waals surface area contributed by atoms with Crippen molar-refractivity contribution in [2.24, 2.45) is 0 Å². The molecule has 37 heavy (non-hydrogen) atoms. The van der Waals surface area contributed by atoms with Crippen LogP contribution in [0.2, 0.25) is 0 Å². The van der Waals surface area contributed by atoms with Gasteiger partial charge in [0.25, 0.3) is 5.91 Å². The van der Waals surface area contributed by atoms with Gasteiger partial charge in [0, 0.05) is 42.7 Å². The molecular weight excluding hydrogens is 507 g/mol. The molecule has 7 nitrogen and oxygen atoms in total. The molecule has 0 spiro atoms. The van der Waals surface area contributed by atoms with Crippen LogP contribution in [0.25, 0.3) is 11.1 Å². The summed E-state index contributed by atoms with van der Waals surface area (Å²) in [5.74, 6) is -0.326. The summed E-state index contributed by atoms with van der Waals surface area (Å²) in [6.45, 7) is 1.61. The fourth-order valence-electron chi connectivity index (χ4n) is 4.09. The number of carbonyl (C=O) groups is 2. The first-order valence-corrected chi connectivity index (χ1v) is 12.6. The van der Waals surface area contributed by atoms with E-state index >= 15 is 0 Å². The summed E-state index contributed by atoms with van der Waals surface area (Å²) in [7, 11) is 1.54. The Bertz CT molecular complexity index is 1240. The second-order valence-electron chi connectivity index (χ2n) is 8.52. The molecule has 1 aliphatic heterocycles. The van der Waals surface area contributed by atoms with E-state index in [1.165, 1.54) is 24.5 Å². The van der Waals surface area contributed by atoms with Crippen molar-refractivity contribution in [3.8, 4) is 11.1 Å². The molecular formula is C26H26F3N3O4S. The van der Waals surface area contributed by atoms with Crippen LogP contribution in [0, 0.1) is 0 Å². The van der Waals surface area contributed by atoms with E-state index in [0.29, 0.717) is 49.4 Å². The second kappa shape index (κ2) is 11.7. The summed E-state index contributed by atoms with van der Waals surface area (Å²) in [6.07, 6.45) is -3.43. The number of hydrogen-bond acceptors (Lipinski definition) is 6. The summed E-state index contributed by atoms with van der Waals surface area (Å²) in [6, 6.07) is 11.7. The van der Waals surface area contributed by atoms with Gasteiger partial charge in [0.2, 0.25) is 0 Å². The van der Waals surface area contributed by atoms with Gasteiger partial charge in [-0.2, -0.15) is 13.2 Å². The second-order valence-corrected chi connectivity index (χ2v) is 9.41. The number of ether oxygens (including phenoxy) is 2. The van der Waals surface area contributed by atoms with E-state index < -0.39 is 17.6 Å². The highest BCUT2D eigenvalue weighted by Gasteiger charge is 2.31. The molecule has 1 saturated heterocycles. The molecule has 0 aliphatic carbocycles. The quantitative estimate of drug-likeness (QED) is 0.375. The molecule has 2 heterocycles. The Hall–Kier alpha value is -3.44. The van der Waals surface area contributed by atoms with Crippen molar-refractivity contribution in [2.45, 2.75) is 24.9 Å². The molecule has 1 N–H and O–H groups in total. The molecule has 4 rings (SSSR count). The van der Waals surface area contributed by atoms with Crippen molar-refractivity contribution in [1.82, 2.24) is 9.88 Å². The molecule has 11 heteroatoms. The van der Waals surface area contributed by atoms with Crippen molar-refractivity contribution in [1.29, 1.82) is 0 Å². The molecule has 196 valence electrons. The normalized spacial score (nSPS) is 14.4. The third-order valence-corrected chi connectivity index (χ3v) is 7.05. The van der Waals surface area contributed by atoms with Crippen LogP contribution >= 0.6 is 11.3 Å². The summed E-state index contributed by atoms with van der Waals surface area (Å²) in [4.78, 5) is 31.2. The standard InChI is InChI=1S/C26H26F3N3O4S/c1-35-13-14-36-25(34)32-11-9-17(10-12-32)24-31-22(16-37-24)23(33)30-21-8-3-2-7-20(21)18-5-4-6-19(15-18)26(27,28)29/h2-8,15-17H,9-14H2,1H3,(H,30,33). The number of nitrogens with zero attached hydrogens (tertiary/aromatic N) is 2. The van der Waals surface area contributed by atoms with Gasteiger partial charge in [-0.1, -0.05) is 30.3 Å². The van der Waals surface area contributed by atoms with Gasteiger partial charge >= 0.3 is 12.3 Å². The van der Waals surface area contributed by atoms with Gasteiger partial charge in [0.15, 0.2) is 0 Å². The number of rotatable bonds is 7. The fourth-order valence-corrected chi connectivity index (χ4v) is 5.06. The summed E-state index contributed by atoms with van der Waals surface area (Å²) in [5, 5.41) is 5.27. The highest BCUT2D eigenvalue weighted by molar-refractivity contribution is 7.10. The minimum atomic E-state index is -4.47. The molecule has 1 aliphatic rings. The van der Waals surface area contributed by atoms with Gasteiger partial charge in [-0.25, -0.2) is 9.78 Å². The van der Waals surface area contributed by atoms with E-state index in [1.807, 2.05) is 0 Å². The minimum Gasteiger partial charge on any atom is -0.447 e. The van der Waals surface area contributed by atoms with Crippen LogP contribution in [0.5, 0.6) is 0 Å². The lowest BCUT2D eigenvalue weighted by Gasteiger charge is -2.30. The molecule has 2 aromatic carbocycles. The van der Waals surface area contributed by atoms with Crippen LogP contribution in [-0.2, 0) is 15.7 Å². The Kier molecular flexibility index (Phi) is 8.45. The van der Waals surface area contributed by atoms with Gasteiger partial charge in [-0.15, -0.1) is 11.3 Å². The van der Waals surface area contributed by atoms with E-state index in [9.17, 15) is 22.8 Å². The Morgan fingerprint density at radius 2 is 1.86 bits per heavy atom. The zero-order valence-electron chi connectivity index (χ0n) is 20.1. The Labute approximate surface area is 216 Å². The van der Waals surface area contributed by atoms with Crippen LogP contribution in [0.1, 0.15) is 39.8 Å². The third-order valence-electron chi connectivity index (χ3n) is 6.05. The van der Waals surface area contributed by atoms with Gasteiger partial charge in [-0.05, 0) is 36.6 Å². The number of halogens is 3. The van der Waals surface area contributed by atoms with E-state index in [4.69, 9.17) is 9.47 Å². The number of thiazole rings is 1. The number of para-hydroxylation sites is 1. The minimum absolute atomic E-state index is 0.118. The lowest BCUT2D eigenvalue weighted by molar-refractivity contribution is -0.137. The van der Waals surface area contributed by atoms with Crippen LogP contribution in [0.4, 0.5) is 23.7 Å². The average molecular weight is 534 g/mol. The Morgan fingerprint density at radius 1 is 1.11 bits per heavy atom. The van der Waals surface area contributed by atoms with Crippen molar-refractivity contribution in [2.75, 3.05) is 38.7 Å². The lowest BCUT2D eigenvalue weighted by Crippen LogP contribution is -2.38. The largest absolute Gasteiger partial charge is 0.447 e. The zero-order chi connectivity index (χ0) is 26.4. The number of amides is 2. The molecule has 1 fully saturated rings. The first-order valence-electron chi connectivity index (χ1n) is 11.7. The maximum absolute atomic E-state index is 13.2. The van der Waals surface area contributed by atoms with Crippen molar-refractivity contribution in [3.05, 3.63) is 70.2 Å². The number of carbonyl (C=O) groups excluding carboxylic acids is 2. The third kappa shape index (κ3) is 6.66. The number of likely N-dealkylation sites (tertiary alicyclic amines) is 1. The van der Waals surface area contributed by atoms with Crippen LogP contribution in [0.15, 0.2) is 53.9 Å². The van der Waals surface area contributed by atoms with Crippen molar-refractivity contribution in [3.63, 3.8) is 0 Å². The fraction of sp³-hybridized carbons (Fsp3) is 0.346. The molecule has 2 amide bonds. The smallest absolute Gasteiger partial charge is 0.416 e. The number of alkyl halides is 3. The molecule has 1 aromatic heterocycles. The maximum Gasteiger partial charge on any atom is 0.416 e. The molecule has 0 radical (unpaired) electrons. The van der Waals surface area contributed by atoms with E-state index in [0.717, 1.165) is 17.1 Å². The Morgan fingerprint density at radius 3 is 2.59 bits per heavy atom. The Balaban J connectivity index is 1.40. The number of aromatic nitrogens is 1. The number of methoxy groups -OCH3 is 1. The molecule has 0 saturated carbocycles. The number of piperidine rings is 1. The molecule has 3 aromatic rings. The number of benzene rings is 2. The highest BCUT2D eigenvalue weighted by Crippen LogP contribution is 2.35. The lowest BCUT2D eigenvalue weighted by atomic mass is 9.98. The molecule has 0 atom stereocenters. The summed E-state index contributed by atoms with van der Waals surface area (Å²) in [5.41, 5.74) is 0.686.